The van der Waals surface area contributed by atoms with Gasteiger partial charge < -0.3 is 14.8 Å². The van der Waals surface area contributed by atoms with Crippen LogP contribution in [0.5, 0.6) is 11.5 Å². The molecule has 0 fully saturated rings. The third-order valence-electron chi connectivity index (χ3n) is 3.22. The molecule has 124 valence electrons. The fourth-order valence-corrected chi connectivity index (χ4v) is 2.86. The van der Waals surface area contributed by atoms with Crippen molar-refractivity contribution < 1.29 is 18.3 Å². The van der Waals surface area contributed by atoms with Crippen molar-refractivity contribution in [2.45, 2.75) is 6.61 Å². The van der Waals surface area contributed by atoms with Crippen molar-refractivity contribution in [2.24, 2.45) is 0 Å². The Morgan fingerprint density at radius 3 is 2.54 bits per heavy atom. The zero-order valence-corrected chi connectivity index (χ0v) is 13.5. The fraction of sp³-hybridized carbons (Fsp3) is 0.118. The molecule has 0 aliphatic rings. The molecule has 0 spiro atoms. The summed E-state index contributed by atoms with van der Waals surface area (Å²) in [5.41, 5.74) is 1.96. The molecule has 0 unspecified atom stereocenters. The van der Waals surface area contributed by atoms with E-state index in [1.54, 1.807) is 30.7 Å². The number of hydrogen-bond donors (Lipinski definition) is 1. The summed E-state index contributed by atoms with van der Waals surface area (Å²) in [4.78, 5) is 4.44. The lowest BCUT2D eigenvalue weighted by molar-refractivity contribution is -0.0494. The van der Waals surface area contributed by atoms with Gasteiger partial charge in [-0.15, -0.1) is 11.3 Å². The van der Waals surface area contributed by atoms with Crippen LogP contribution in [0.1, 0.15) is 0 Å². The molecule has 0 amide bonds. The lowest BCUT2D eigenvalue weighted by atomic mass is 10.1. The van der Waals surface area contributed by atoms with Crippen LogP contribution in [0.2, 0.25) is 0 Å². The lowest BCUT2D eigenvalue weighted by Crippen LogP contribution is -2.03. The maximum Gasteiger partial charge on any atom is 0.387 e. The number of aromatic nitrogens is 1. The number of benzene rings is 2. The highest BCUT2D eigenvalue weighted by molar-refractivity contribution is 7.14. The molecule has 0 radical (unpaired) electrons. The summed E-state index contributed by atoms with van der Waals surface area (Å²) in [6.45, 7) is -2.87. The van der Waals surface area contributed by atoms with Crippen LogP contribution in [0.25, 0.3) is 11.3 Å². The topological polar surface area (TPSA) is 43.4 Å². The van der Waals surface area contributed by atoms with Gasteiger partial charge in [-0.25, -0.2) is 4.98 Å². The number of methoxy groups -OCH3 is 1. The van der Waals surface area contributed by atoms with Gasteiger partial charge in [-0.3, -0.25) is 0 Å². The maximum absolute atomic E-state index is 12.5. The average Bonchev–Trinajstić information content (AvgIpc) is 3.04. The lowest BCUT2D eigenvalue weighted by Gasteiger charge is -2.08. The Hall–Kier alpha value is -2.67. The molecular weight excluding hydrogens is 334 g/mol. The fourth-order valence-electron chi connectivity index (χ4n) is 2.13. The Bertz CT molecular complexity index is 806. The largest absolute Gasteiger partial charge is 0.497 e. The monoisotopic (exact) mass is 348 g/mol. The van der Waals surface area contributed by atoms with Gasteiger partial charge in [0.15, 0.2) is 5.13 Å². The number of thiazole rings is 1. The molecule has 3 rings (SSSR count). The van der Waals surface area contributed by atoms with Crippen molar-refractivity contribution in [2.75, 3.05) is 12.4 Å². The summed E-state index contributed by atoms with van der Waals surface area (Å²) in [7, 11) is 1.61. The molecule has 0 saturated carbocycles. The number of rotatable bonds is 6. The van der Waals surface area contributed by atoms with Crippen LogP contribution in [0.3, 0.4) is 0 Å². The molecule has 3 aromatic rings. The molecule has 4 nitrogen and oxygen atoms in total. The van der Waals surface area contributed by atoms with E-state index >= 15 is 0 Å². The minimum atomic E-state index is -2.87. The quantitative estimate of drug-likeness (QED) is 0.668. The minimum absolute atomic E-state index is 0.105. The predicted octanol–water partition coefficient (Wildman–Crippen LogP) is 5.16. The summed E-state index contributed by atoms with van der Waals surface area (Å²) >= 11 is 1.38. The number of ether oxygens (including phenoxy) is 2. The van der Waals surface area contributed by atoms with Gasteiger partial charge in [0.1, 0.15) is 11.5 Å². The summed E-state index contributed by atoms with van der Waals surface area (Å²) in [6, 6.07) is 14.0. The molecule has 1 heterocycles. The van der Waals surface area contributed by atoms with E-state index in [9.17, 15) is 8.78 Å². The molecular formula is C17H14F2N2O2S. The predicted molar refractivity (Wildman–Crippen MR) is 90.5 cm³/mol. The first-order valence-electron chi connectivity index (χ1n) is 7.06. The maximum atomic E-state index is 12.5. The van der Waals surface area contributed by atoms with Gasteiger partial charge in [-0.2, -0.15) is 8.78 Å². The van der Waals surface area contributed by atoms with Gasteiger partial charge >= 0.3 is 6.61 Å². The number of nitrogens with zero attached hydrogens (tertiary/aromatic N) is 1. The molecule has 0 saturated heterocycles. The number of halogens is 2. The first kappa shape index (κ1) is 16.2. The van der Waals surface area contributed by atoms with E-state index in [4.69, 9.17) is 4.74 Å². The van der Waals surface area contributed by atoms with Crippen LogP contribution < -0.4 is 14.8 Å². The van der Waals surface area contributed by atoms with Crippen LogP contribution in [0.15, 0.2) is 53.9 Å². The summed E-state index contributed by atoms with van der Waals surface area (Å²) in [5.74, 6) is 0.868. The van der Waals surface area contributed by atoms with Crippen molar-refractivity contribution in [3.05, 3.63) is 53.9 Å². The second-order valence-corrected chi connectivity index (χ2v) is 5.62. The van der Waals surface area contributed by atoms with Crippen molar-refractivity contribution in [1.29, 1.82) is 0 Å². The molecule has 0 bridgehead atoms. The SMILES string of the molecule is COc1ccc(Nc2nc(-c3ccccc3OC(F)F)cs2)cc1. The first-order valence-corrected chi connectivity index (χ1v) is 7.94. The molecule has 2 aromatic carbocycles. The Morgan fingerprint density at radius 2 is 1.83 bits per heavy atom. The van der Waals surface area contributed by atoms with Crippen molar-refractivity contribution in [1.82, 2.24) is 4.98 Å². The molecule has 0 aliphatic carbocycles. The van der Waals surface area contributed by atoms with Crippen molar-refractivity contribution in [3.8, 4) is 22.8 Å². The van der Waals surface area contributed by atoms with E-state index in [1.165, 1.54) is 17.4 Å². The van der Waals surface area contributed by atoms with Gasteiger partial charge in [0.2, 0.25) is 0 Å². The smallest absolute Gasteiger partial charge is 0.387 e. The molecule has 7 heteroatoms. The number of anilines is 2. The van der Waals surface area contributed by atoms with E-state index in [-0.39, 0.29) is 5.75 Å². The van der Waals surface area contributed by atoms with E-state index < -0.39 is 6.61 Å². The standard InChI is InChI=1S/C17H14F2N2O2S/c1-22-12-8-6-11(7-9-12)20-17-21-14(10-24-17)13-4-2-3-5-15(13)23-16(18)19/h2-10,16H,1H3,(H,20,21). The summed E-state index contributed by atoms with van der Waals surface area (Å²) in [5, 5.41) is 5.61. The molecule has 1 N–H and O–H groups in total. The van der Waals surface area contributed by atoms with Gasteiger partial charge in [-0.05, 0) is 36.4 Å². The normalized spacial score (nSPS) is 10.7. The second-order valence-electron chi connectivity index (χ2n) is 4.77. The minimum Gasteiger partial charge on any atom is -0.497 e. The molecule has 0 aliphatic heterocycles. The van der Waals surface area contributed by atoms with Crippen molar-refractivity contribution >= 4 is 22.2 Å². The highest BCUT2D eigenvalue weighted by atomic mass is 32.1. The number of alkyl halides is 2. The Labute approximate surface area is 141 Å². The van der Waals surface area contributed by atoms with E-state index in [0.29, 0.717) is 16.4 Å². The second kappa shape index (κ2) is 7.27. The van der Waals surface area contributed by atoms with Gasteiger partial charge in [0.05, 0.1) is 12.8 Å². The molecule has 0 atom stereocenters. The zero-order chi connectivity index (χ0) is 16.9. The summed E-state index contributed by atoms with van der Waals surface area (Å²) in [6.07, 6.45) is 0. The average molecular weight is 348 g/mol. The first-order chi connectivity index (χ1) is 11.7. The third-order valence-corrected chi connectivity index (χ3v) is 3.98. The number of nitrogens with one attached hydrogen (secondary N) is 1. The Kier molecular flexibility index (Phi) is 4.90. The molecule has 24 heavy (non-hydrogen) atoms. The van der Waals surface area contributed by atoms with Gasteiger partial charge in [0, 0.05) is 16.6 Å². The number of para-hydroxylation sites is 1. The zero-order valence-electron chi connectivity index (χ0n) is 12.7. The van der Waals surface area contributed by atoms with Crippen LogP contribution in [-0.2, 0) is 0 Å². The van der Waals surface area contributed by atoms with E-state index in [0.717, 1.165) is 11.4 Å². The Balaban J connectivity index is 1.80. The third kappa shape index (κ3) is 3.80. The van der Waals surface area contributed by atoms with E-state index in [1.807, 2.05) is 24.3 Å². The van der Waals surface area contributed by atoms with Crippen LogP contribution in [0, 0.1) is 0 Å². The van der Waals surface area contributed by atoms with Crippen LogP contribution in [0.4, 0.5) is 19.6 Å². The highest BCUT2D eigenvalue weighted by Crippen LogP contribution is 2.33. The van der Waals surface area contributed by atoms with Crippen molar-refractivity contribution in [3.63, 3.8) is 0 Å². The number of hydrogen-bond acceptors (Lipinski definition) is 5. The molecule has 1 aromatic heterocycles. The van der Waals surface area contributed by atoms with Crippen LogP contribution >= 0.6 is 11.3 Å². The van der Waals surface area contributed by atoms with E-state index in [2.05, 4.69) is 15.0 Å². The Morgan fingerprint density at radius 1 is 1.08 bits per heavy atom. The van der Waals surface area contributed by atoms with Gasteiger partial charge in [0.25, 0.3) is 0 Å². The van der Waals surface area contributed by atoms with Gasteiger partial charge in [-0.1, -0.05) is 12.1 Å². The van der Waals surface area contributed by atoms with Crippen LogP contribution in [-0.4, -0.2) is 18.7 Å². The highest BCUT2D eigenvalue weighted by Gasteiger charge is 2.13. The summed E-state index contributed by atoms with van der Waals surface area (Å²) < 4.78 is 34.7.